The van der Waals surface area contributed by atoms with Gasteiger partial charge < -0.3 is 14.4 Å². The first-order valence-electron chi connectivity index (χ1n) is 24.2. The monoisotopic (exact) mass is 839 g/mol. The molecule has 8 nitrogen and oxygen atoms in total. The van der Waals surface area contributed by atoms with Crippen molar-refractivity contribution in [3.05, 3.63) is 36.5 Å². The molecule has 0 rings (SSSR count). The molecule has 9 heteroatoms. The maximum absolute atomic E-state index is 12.5. The molecule has 0 saturated carbocycles. The quantitative estimate of drug-likeness (QED) is 0.0279. The lowest BCUT2D eigenvalue weighted by atomic mass is 10.1. The molecule has 2 atom stereocenters. The molecule has 0 amide bonds. The van der Waals surface area contributed by atoms with E-state index in [1.54, 1.807) is 0 Å². The van der Waals surface area contributed by atoms with Crippen LogP contribution in [0.25, 0.3) is 0 Å². The number of allylic oxidation sites excluding steroid dienone is 6. The highest BCUT2D eigenvalue weighted by atomic mass is 31.2. The van der Waals surface area contributed by atoms with Crippen LogP contribution in [0.5, 0.6) is 0 Å². The van der Waals surface area contributed by atoms with E-state index in [9.17, 15) is 19.0 Å². The maximum Gasteiger partial charge on any atom is 0.472 e. The van der Waals surface area contributed by atoms with Crippen LogP contribution in [0.1, 0.15) is 239 Å². The Labute approximate surface area is 357 Å². The lowest BCUT2D eigenvalue weighted by Gasteiger charge is -2.19. The number of phosphoric acid groups is 1. The number of carbonyl (C=O) groups is 2. The fourth-order valence-corrected chi connectivity index (χ4v) is 7.32. The van der Waals surface area contributed by atoms with Gasteiger partial charge in [0.1, 0.15) is 6.61 Å². The van der Waals surface area contributed by atoms with E-state index in [0.29, 0.717) is 6.42 Å². The summed E-state index contributed by atoms with van der Waals surface area (Å²) in [4.78, 5) is 34.6. The largest absolute Gasteiger partial charge is 0.472 e. The molecule has 0 aliphatic heterocycles. The molecule has 0 aromatic carbocycles. The third kappa shape index (κ3) is 43.8. The lowest BCUT2D eigenvalue weighted by molar-refractivity contribution is -0.161. The minimum absolute atomic E-state index is 0.228. The number of hydrogen-bond donors (Lipinski definition) is 1. The van der Waals surface area contributed by atoms with Gasteiger partial charge in [0, 0.05) is 20.0 Å². The fourth-order valence-electron chi connectivity index (χ4n) is 6.86. The Morgan fingerprint density at radius 2 is 0.828 bits per heavy atom. The van der Waals surface area contributed by atoms with E-state index in [0.717, 1.165) is 58.5 Å². The van der Waals surface area contributed by atoms with Gasteiger partial charge >= 0.3 is 19.8 Å². The van der Waals surface area contributed by atoms with Gasteiger partial charge in [-0.25, -0.2) is 4.57 Å². The summed E-state index contributed by atoms with van der Waals surface area (Å²) in [5.41, 5.74) is 0. The van der Waals surface area contributed by atoms with Crippen LogP contribution < -0.4 is 0 Å². The van der Waals surface area contributed by atoms with Gasteiger partial charge in [-0.15, -0.1) is 0 Å². The van der Waals surface area contributed by atoms with Crippen LogP contribution in [0.15, 0.2) is 36.5 Å². The normalized spacial score (nSPS) is 13.5. The van der Waals surface area contributed by atoms with E-state index in [1.165, 1.54) is 154 Å². The van der Waals surface area contributed by atoms with Crippen molar-refractivity contribution in [2.45, 2.75) is 245 Å². The van der Waals surface area contributed by atoms with Crippen LogP contribution in [0.3, 0.4) is 0 Å². The Morgan fingerprint density at radius 1 is 0.483 bits per heavy atom. The van der Waals surface area contributed by atoms with Crippen molar-refractivity contribution in [2.75, 3.05) is 20.3 Å². The van der Waals surface area contributed by atoms with E-state index in [-0.39, 0.29) is 25.4 Å². The van der Waals surface area contributed by atoms with E-state index in [4.69, 9.17) is 14.0 Å². The van der Waals surface area contributed by atoms with Gasteiger partial charge in [-0.2, -0.15) is 0 Å². The van der Waals surface area contributed by atoms with Crippen molar-refractivity contribution in [3.63, 3.8) is 0 Å². The van der Waals surface area contributed by atoms with E-state index < -0.39 is 26.5 Å². The predicted molar refractivity (Wildman–Crippen MR) is 244 cm³/mol. The molecule has 0 aliphatic carbocycles. The Hall–Kier alpha value is -1.73. The highest BCUT2D eigenvalue weighted by Gasteiger charge is 2.24. The second-order valence-electron chi connectivity index (χ2n) is 16.2. The maximum atomic E-state index is 12.5. The van der Waals surface area contributed by atoms with Gasteiger partial charge in [-0.3, -0.25) is 18.6 Å². The highest BCUT2D eigenvalue weighted by molar-refractivity contribution is 7.47. The smallest absolute Gasteiger partial charge is 0.462 e. The molecule has 340 valence electrons. The number of phosphoric ester groups is 1. The van der Waals surface area contributed by atoms with Crippen LogP contribution in [-0.4, -0.2) is 43.3 Å². The molecule has 0 fully saturated rings. The van der Waals surface area contributed by atoms with Crippen molar-refractivity contribution in [3.8, 4) is 0 Å². The second kappa shape index (κ2) is 44.8. The Bertz CT molecular complexity index is 1040. The van der Waals surface area contributed by atoms with Gasteiger partial charge in [0.05, 0.1) is 6.61 Å². The van der Waals surface area contributed by atoms with Gasteiger partial charge in [-0.05, 0) is 70.6 Å². The molecule has 0 radical (unpaired) electrons. The summed E-state index contributed by atoms with van der Waals surface area (Å²) in [7, 11) is -3.20. The minimum atomic E-state index is -4.27. The zero-order chi connectivity index (χ0) is 42.5. The first-order valence-corrected chi connectivity index (χ1v) is 25.7. The zero-order valence-corrected chi connectivity index (χ0v) is 38.9. The van der Waals surface area contributed by atoms with E-state index in [1.807, 2.05) is 0 Å². The SMILES string of the molecule is CCCCCC/C=C\C/C=C\CCCCCCCCCC(=O)OC(COC(=O)CCCCCCCCCCC/C=C\CCCCCCCCCC)COP(=O)(O)OC. The lowest BCUT2D eigenvalue weighted by Crippen LogP contribution is -2.29. The third-order valence-electron chi connectivity index (χ3n) is 10.6. The second-order valence-corrected chi connectivity index (χ2v) is 17.8. The fraction of sp³-hybridized carbons (Fsp3) is 0.837. The van der Waals surface area contributed by atoms with Gasteiger partial charge in [0.15, 0.2) is 6.10 Å². The van der Waals surface area contributed by atoms with Crippen molar-refractivity contribution in [2.24, 2.45) is 0 Å². The summed E-state index contributed by atoms with van der Waals surface area (Å²) >= 11 is 0. The van der Waals surface area contributed by atoms with Crippen LogP contribution in [0.4, 0.5) is 0 Å². The van der Waals surface area contributed by atoms with E-state index in [2.05, 4.69) is 54.8 Å². The average molecular weight is 839 g/mol. The first kappa shape index (κ1) is 56.3. The molecular weight excluding hydrogens is 748 g/mol. The topological polar surface area (TPSA) is 108 Å². The van der Waals surface area contributed by atoms with Crippen molar-refractivity contribution in [1.82, 2.24) is 0 Å². The molecule has 0 heterocycles. The predicted octanol–water partition coefficient (Wildman–Crippen LogP) is 15.6. The number of hydrogen-bond acceptors (Lipinski definition) is 7. The van der Waals surface area contributed by atoms with Gasteiger partial charge in [-0.1, -0.05) is 192 Å². The molecule has 0 aromatic rings. The van der Waals surface area contributed by atoms with Crippen molar-refractivity contribution >= 4 is 19.8 Å². The molecule has 0 aromatic heterocycles. The molecule has 0 saturated heterocycles. The summed E-state index contributed by atoms with van der Waals surface area (Å²) in [6, 6.07) is 0. The van der Waals surface area contributed by atoms with Crippen molar-refractivity contribution < 1.29 is 37.6 Å². The standard InChI is InChI=1S/C49H91O8P/c1-4-6-8-10-12-14-16-18-20-22-24-25-26-28-29-31-33-35-37-39-41-43-48(50)55-45-47(46-56-58(52,53)54-3)57-49(51)44-42-40-38-36-34-32-30-27-23-21-19-17-15-13-11-9-7-5-2/h15,17,21-24,47H,4-14,16,18-20,25-46H2,1-3H3,(H,52,53)/b17-15-,23-21-,24-22-. The number of esters is 2. The summed E-state index contributed by atoms with van der Waals surface area (Å²) in [5, 5.41) is 0. The average Bonchev–Trinajstić information content (AvgIpc) is 3.21. The molecule has 1 N–H and O–H groups in total. The number of unbranched alkanes of at least 4 members (excludes halogenated alkanes) is 28. The molecule has 58 heavy (non-hydrogen) atoms. The Balaban J connectivity index is 3.93. The molecular formula is C49H91O8P. The minimum Gasteiger partial charge on any atom is -0.462 e. The molecule has 0 aliphatic rings. The van der Waals surface area contributed by atoms with Gasteiger partial charge in [0.25, 0.3) is 0 Å². The van der Waals surface area contributed by atoms with Crippen LogP contribution in [-0.2, 0) is 32.7 Å². The summed E-state index contributed by atoms with van der Waals surface area (Å²) < 4.78 is 32.1. The van der Waals surface area contributed by atoms with Gasteiger partial charge in [0.2, 0.25) is 0 Å². The van der Waals surface area contributed by atoms with Crippen molar-refractivity contribution in [1.29, 1.82) is 0 Å². The summed E-state index contributed by atoms with van der Waals surface area (Å²) in [6.07, 6.45) is 53.4. The van der Waals surface area contributed by atoms with Crippen LogP contribution >= 0.6 is 7.82 Å². The Kier molecular flexibility index (Phi) is 43.5. The highest BCUT2D eigenvalue weighted by Crippen LogP contribution is 2.42. The number of rotatable bonds is 45. The number of carbonyl (C=O) groups excluding carboxylic acids is 2. The third-order valence-corrected chi connectivity index (χ3v) is 11.5. The zero-order valence-electron chi connectivity index (χ0n) is 38.0. The summed E-state index contributed by atoms with van der Waals surface area (Å²) in [5.74, 6) is -0.808. The van der Waals surface area contributed by atoms with Crippen LogP contribution in [0, 0.1) is 0 Å². The first-order chi connectivity index (χ1) is 28.3. The van der Waals surface area contributed by atoms with E-state index >= 15 is 0 Å². The molecule has 0 bridgehead atoms. The number of ether oxygens (including phenoxy) is 2. The Morgan fingerprint density at radius 3 is 1.24 bits per heavy atom. The molecule has 2 unspecified atom stereocenters. The van der Waals surface area contributed by atoms with Crippen LogP contribution in [0.2, 0.25) is 0 Å². The molecule has 0 spiro atoms. The summed E-state index contributed by atoms with van der Waals surface area (Å²) in [6.45, 7) is 3.89.